The summed E-state index contributed by atoms with van der Waals surface area (Å²) in [6.07, 6.45) is 0. The van der Waals surface area contributed by atoms with Gasteiger partial charge in [-0.25, -0.2) is 12.3 Å². The molecular formula is H2F4OSi2. The zero-order chi connectivity index (χ0) is 5.91. The van der Waals surface area contributed by atoms with E-state index >= 15 is 0 Å². The summed E-state index contributed by atoms with van der Waals surface area (Å²) in [4.78, 5) is 0. The second-order valence-electron chi connectivity index (χ2n) is 0.699. The van der Waals surface area contributed by atoms with Gasteiger partial charge in [-0.1, -0.05) is 0 Å². The lowest BCUT2D eigenvalue weighted by Crippen LogP contribution is -2.21. The van der Waals surface area contributed by atoms with Crippen molar-refractivity contribution in [2.45, 2.75) is 0 Å². The predicted octanol–water partition coefficient (Wildman–Crippen LogP) is 0.315. The van der Waals surface area contributed by atoms with Crippen molar-refractivity contribution in [3.05, 3.63) is 0 Å². The molecule has 0 unspecified atom stereocenters. The molecule has 0 saturated carbocycles. The molecule has 0 aliphatic heterocycles. The van der Waals surface area contributed by atoms with Crippen LogP contribution in [-0.4, -0.2) is 19.4 Å². The molecule has 7 heavy (non-hydrogen) atoms. The highest BCUT2D eigenvalue weighted by atomic mass is 28.5. The Hall–Kier alpha value is 0.114. The van der Waals surface area contributed by atoms with Crippen LogP contribution < -0.4 is 0 Å². The summed E-state index contributed by atoms with van der Waals surface area (Å²) in [6.45, 7) is 0. The molecule has 0 aliphatic carbocycles. The highest BCUT2D eigenvalue weighted by Gasteiger charge is 2.40. The van der Waals surface area contributed by atoms with Crippen molar-refractivity contribution in [3.8, 4) is 0 Å². The first-order chi connectivity index (χ1) is 3.06. The molecular weight excluding hydrogens is 148 g/mol. The van der Waals surface area contributed by atoms with Crippen molar-refractivity contribution in [1.29, 1.82) is 0 Å². The van der Waals surface area contributed by atoms with Gasteiger partial charge in [0.05, 0.1) is 0 Å². The minimum Gasteiger partial charge on any atom is -0.362 e. The average molecular weight is 150 g/mol. The van der Waals surface area contributed by atoms with Crippen LogP contribution in [0.2, 0.25) is 0 Å². The van der Waals surface area contributed by atoms with E-state index in [2.05, 4.69) is 4.12 Å². The van der Waals surface area contributed by atoms with Gasteiger partial charge < -0.3 is 4.12 Å². The minimum atomic E-state index is -5.97. The maximum atomic E-state index is 10.8. The Bertz CT molecular complexity index is 48.1. The van der Waals surface area contributed by atoms with E-state index < -0.39 is 19.4 Å². The molecule has 0 amide bonds. The molecule has 0 aromatic carbocycles. The lowest BCUT2D eigenvalue weighted by Gasteiger charge is -1.94. The summed E-state index contributed by atoms with van der Waals surface area (Å²) in [5.41, 5.74) is 0. The second-order valence-corrected chi connectivity index (χ2v) is 2.96. The Labute approximate surface area is 41.0 Å². The van der Waals surface area contributed by atoms with E-state index in [1.54, 1.807) is 0 Å². The number of hydrogen-bond donors (Lipinski definition) is 0. The van der Waals surface area contributed by atoms with Crippen LogP contribution in [-0.2, 0) is 4.12 Å². The van der Waals surface area contributed by atoms with Gasteiger partial charge in [0.2, 0.25) is 0 Å². The van der Waals surface area contributed by atoms with Crippen molar-refractivity contribution >= 4 is 19.4 Å². The van der Waals surface area contributed by atoms with Crippen molar-refractivity contribution < 1.29 is 20.5 Å². The van der Waals surface area contributed by atoms with Gasteiger partial charge in [0.25, 0.3) is 0 Å². The van der Waals surface area contributed by atoms with Gasteiger partial charge in [0.15, 0.2) is 0 Å². The van der Waals surface area contributed by atoms with Crippen LogP contribution >= 0.6 is 0 Å². The lowest BCUT2D eigenvalue weighted by atomic mass is 15.8. The van der Waals surface area contributed by atoms with E-state index in [1.165, 1.54) is 0 Å². The lowest BCUT2D eigenvalue weighted by molar-refractivity contribution is 0.294. The molecule has 0 radical (unpaired) electrons. The van der Waals surface area contributed by atoms with E-state index in [9.17, 15) is 16.4 Å². The first-order valence-electron chi connectivity index (χ1n) is 1.33. The molecule has 0 heterocycles. The van der Waals surface area contributed by atoms with Crippen molar-refractivity contribution in [1.82, 2.24) is 0 Å². The zero-order valence-electron chi connectivity index (χ0n) is 3.13. The summed E-state index contributed by atoms with van der Waals surface area (Å²) < 4.78 is 45.9. The monoisotopic (exact) mass is 150 g/mol. The van der Waals surface area contributed by atoms with Crippen molar-refractivity contribution in [2.75, 3.05) is 0 Å². The fourth-order valence-electron chi connectivity index (χ4n) is 0.0619. The van der Waals surface area contributed by atoms with Gasteiger partial charge in [-0.2, -0.15) is 0 Å². The topological polar surface area (TPSA) is 9.23 Å². The maximum Gasteiger partial charge on any atom is 0.793 e. The van der Waals surface area contributed by atoms with Crippen LogP contribution in [0.25, 0.3) is 0 Å². The van der Waals surface area contributed by atoms with E-state index in [-0.39, 0.29) is 0 Å². The Morgan fingerprint density at radius 2 is 1.71 bits per heavy atom. The normalized spacial score (nSPS) is 13.7. The molecule has 0 aliphatic rings. The van der Waals surface area contributed by atoms with Gasteiger partial charge in [0, 0.05) is 0 Å². The first-order valence-corrected chi connectivity index (χ1v) is 3.98. The van der Waals surface area contributed by atoms with Crippen LogP contribution in [0.1, 0.15) is 0 Å². The molecule has 0 aromatic heterocycles. The smallest absolute Gasteiger partial charge is 0.362 e. The third-order valence-electron chi connectivity index (χ3n) is 0.218. The molecule has 0 atom stereocenters. The van der Waals surface area contributed by atoms with Gasteiger partial charge in [-0.3, -0.25) is 4.11 Å². The molecule has 7 heteroatoms. The Kier molecular flexibility index (Phi) is 2.47. The van der Waals surface area contributed by atoms with E-state index in [0.29, 0.717) is 0 Å². The average Bonchev–Trinajstić information content (AvgIpc) is 1.30. The van der Waals surface area contributed by atoms with Crippen LogP contribution in [0.5, 0.6) is 0 Å². The largest absolute Gasteiger partial charge is 0.793 e. The third kappa shape index (κ3) is 6.11. The SMILES string of the molecule is F[SiH2]O[Si](F)(F)F. The molecule has 1 nitrogen and oxygen atoms in total. The quantitative estimate of drug-likeness (QED) is 0.313. The molecule has 0 N–H and O–H groups in total. The van der Waals surface area contributed by atoms with Crippen molar-refractivity contribution in [3.63, 3.8) is 0 Å². The van der Waals surface area contributed by atoms with Crippen LogP contribution in [0, 0.1) is 0 Å². The number of halogens is 4. The first kappa shape index (κ1) is 7.11. The Balaban J connectivity index is 3.15. The number of rotatable bonds is 2. The van der Waals surface area contributed by atoms with Crippen LogP contribution in [0.3, 0.4) is 0 Å². The highest BCUT2D eigenvalue weighted by molar-refractivity contribution is 6.56. The second kappa shape index (κ2) is 2.43. The zero-order valence-corrected chi connectivity index (χ0v) is 5.54. The summed E-state index contributed by atoms with van der Waals surface area (Å²) >= 11 is 0. The highest BCUT2D eigenvalue weighted by Crippen LogP contribution is 2.07. The minimum absolute atomic E-state index is 2.75. The predicted molar refractivity (Wildman–Crippen MR) is 19.8 cm³/mol. The van der Waals surface area contributed by atoms with Gasteiger partial charge in [-0.05, 0) is 0 Å². The van der Waals surface area contributed by atoms with E-state index in [0.717, 1.165) is 0 Å². The summed E-state index contributed by atoms with van der Waals surface area (Å²) in [5.74, 6) is 0. The van der Waals surface area contributed by atoms with Crippen molar-refractivity contribution in [2.24, 2.45) is 0 Å². The van der Waals surface area contributed by atoms with Gasteiger partial charge in [0.1, 0.15) is 0 Å². The van der Waals surface area contributed by atoms with E-state index in [4.69, 9.17) is 0 Å². The fourth-order valence-corrected chi connectivity index (χ4v) is 0.557. The Morgan fingerprint density at radius 3 is 1.71 bits per heavy atom. The molecule has 0 fully saturated rings. The molecule has 0 rings (SSSR count). The summed E-state index contributed by atoms with van der Waals surface area (Å²) in [7, 11) is -8.72. The molecule has 0 spiro atoms. The van der Waals surface area contributed by atoms with Gasteiger partial charge in [-0.15, -0.1) is 0 Å². The molecule has 0 bridgehead atoms. The van der Waals surface area contributed by atoms with Crippen LogP contribution in [0.15, 0.2) is 0 Å². The fraction of sp³-hybridized carbons (Fsp3) is 0. The third-order valence-corrected chi connectivity index (χ3v) is 1.96. The molecule has 0 saturated heterocycles. The maximum absolute atomic E-state index is 10.8. The summed E-state index contributed by atoms with van der Waals surface area (Å²) in [5, 5.41) is 0. The number of hydrogen-bond acceptors (Lipinski definition) is 1. The van der Waals surface area contributed by atoms with Crippen LogP contribution in [0.4, 0.5) is 16.4 Å². The molecule has 44 valence electrons. The molecule has 0 aromatic rings. The van der Waals surface area contributed by atoms with E-state index in [1.807, 2.05) is 0 Å². The Morgan fingerprint density at radius 1 is 1.29 bits per heavy atom. The standard InChI is InChI=1S/F4H2OSi2/c1-6-5-7(2,3)4/h6H2. The summed E-state index contributed by atoms with van der Waals surface area (Å²) in [6, 6.07) is 0. The van der Waals surface area contributed by atoms with Gasteiger partial charge >= 0.3 is 19.4 Å².